The largest absolute Gasteiger partial charge is 0.390 e. The molecule has 0 amide bonds. The molecule has 0 aromatic heterocycles. The Morgan fingerprint density at radius 1 is 0.667 bits per heavy atom. The van der Waals surface area contributed by atoms with Crippen LogP contribution in [-0.4, -0.2) is 21.7 Å². The molecule has 3 aromatic rings. The lowest BCUT2D eigenvalue weighted by atomic mass is 9.53. The summed E-state index contributed by atoms with van der Waals surface area (Å²) >= 11 is 13.9. The Balaban J connectivity index is 1.80. The first-order chi connectivity index (χ1) is 13.0. The topological polar surface area (TPSA) is 43.4 Å². The van der Waals surface area contributed by atoms with Crippen LogP contribution in [0.1, 0.15) is 34.1 Å². The molecular formula is C22H12Cl2O3. The van der Waals surface area contributed by atoms with Gasteiger partial charge in [0.25, 0.3) is 0 Å². The fourth-order valence-corrected chi connectivity index (χ4v) is 6.11. The third-order valence-electron chi connectivity index (χ3n) is 6.30. The summed E-state index contributed by atoms with van der Waals surface area (Å²) in [5.74, 6) is -2.60. The van der Waals surface area contributed by atoms with Gasteiger partial charge in [0.2, 0.25) is 0 Å². The third kappa shape index (κ3) is 1.55. The first-order valence-corrected chi connectivity index (χ1v) is 9.49. The average molecular weight is 395 g/mol. The highest BCUT2D eigenvalue weighted by atomic mass is 35.5. The normalized spacial score (nSPS) is 32.8. The molecule has 4 atom stereocenters. The van der Waals surface area contributed by atoms with Crippen LogP contribution in [0.15, 0.2) is 60.7 Å². The van der Waals surface area contributed by atoms with Crippen LogP contribution < -0.4 is 0 Å². The maximum Gasteiger partial charge on any atom is 0.338 e. The lowest BCUT2D eigenvalue weighted by Gasteiger charge is -2.53. The Hall–Kier alpha value is -2.36. The van der Waals surface area contributed by atoms with Crippen LogP contribution in [0.5, 0.6) is 0 Å². The molecule has 0 radical (unpaired) electrons. The first kappa shape index (κ1) is 15.7. The minimum absolute atomic E-state index is 0.545. The summed E-state index contributed by atoms with van der Waals surface area (Å²) < 4.78 is 5.01. The van der Waals surface area contributed by atoms with E-state index < -0.39 is 33.5 Å². The Bertz CT molecular complexity index is 1110. The third-order valence-corrected chi connectivity index (χ3v) is 7.73. The van der Waals surface area contributed by atoms with Gasteiger partial charge in [-0.2, -0.15) is 0 Å². The van der Waals surface area contributed by atoms with Crippen molar-refractivity contribution in [3.05, 3.63) is 82.9 Å². The average Bonchev–Trinajstić information content (AvgIpc) is 2.86. The smallest absolute Gasteiger partial charge is 0.338 e. The molecule has 1 saturated heterocycles. The van der Waals surface area contributed by atoms with E-state index in [9.17, 15) is 9.59 Å². The molecule has 0 saturated carbocycles. The second-order valence-corrected chi connectivity index (χ2v) is 8.62. The van der Waals surface area contributed by atoms with Crippen molar-refractivity contribution in [1.29, 1.82) is 0 Å². The number of carbonyl (C=O) groups is 2. The highest BCUT2D eigenvalue weighted by molar-refractivity contribution is 6.52. The van der Waals surface area contributed by atoms with Gasteiger partial charge in [-0.1, -0.05) is 60.7 Å². The zero-order chi connectivity index (χ0) is 18.6. The molecule has 27 heavy (non-hydrogen) atoms. The van der Waals surface area contributed by atoms with E-state index in [4.69, 9.17) is 27.9 Å². The molecule has 1 fully saturated rings. The summed E-state index contributed by atoms with van der Waals surface area (Å²) in [5, 5.41) is 2.11. The monoisotopic (exact) mass is 394 g/mol. The SMILES string of the molecule is O=C1OC(=O)C2(Cl)C3c4ccccc4C(c4cc5ccccc5cc43)C12Cl. The number of carbonyl (C=O) groups excluding carboxylic acids is 2. The van der Waals surface area contributed by atoms with Crippen LogP contribution in [0.3, 0.4) is 0 Å². The van der Waals surface area contributed by atoms with Crippen molar-refractivity contribution < 1.29 is 14.3 Å². The van der Waals surface area contributed by atoms with E-state index in [0.717, 1.165) is 33.0 Å². The van der Waals surface area contributed by atoms with Gasteiger partial charge in [-0.3, -0.25) is 0 Å². The van der Waals surface area contributed by atoms with Crippen LogP contribution in [-0.2, 0) is 14.3 Å². The molecule has 0 spiro atoms. The molecule has 0 N–H and O–H groups in total. The van der Waals surface area contributed by atoms with E-state index in [-0.39, 0.29) is 0 Å². The Morgan fingerprint density at radius 2 is 1.07 bits per heavy atom. The van der Waals surface area contributed by atoms with Crippen molar-refractivity contribution in [3.63, 3.8) is 0 Å². The number of alkyl halides is 2. The molecule has 3 nitrogen and oxygen atoms in total. The van der Waals surface area contributed by atoms with Crippen molar-refractivity contribution in [2.45, 2.75) is 21.6 Å². The molecule has 1 heterocycles. The van der Waals surface area contributed by atoms with Crippen molar-refractivity contribution >= 4 is 45.9 Å². The number of hydrogen-bond donors (Lipinski definition) is 0. The molecule has 4 aliphatic rings. The minimum Gasteiger partial charge on any atom is -0.390 e. The highest BCUT2D eigenvalue weighted by Crippen LogP contribution is 2.69. The quantitative estimate of drug-likeness (QED) is 0.321. The molecular weight excluding hydrogens is 383 g/mol. The number of halogens is 2. The van der Waals surface area contributed by atoms with Gasteiger partial charge in [-0.15, -0.1) is 23.2 Å². The fraction of sp³-hybridized carbons (Fsp3) is 0.182. The van der Waals surface area contributed by atoms with Crippen LogP contribution in [0.2, 0.25) is 0 Å². The molecule has 3 aliphatic carbocycles. The van der Waals surface area contributed by atoms with E-state index in [0.29, 0.717) is 0 Å². The van der Waals surface area contributed by atoms with E-state index >= 15 is 0 Å². The van der Waals surface area contributed by atoms with E-state index in [1.807, 2.05) is 48.5 Å². The maximum atomic E-state index is 12.8. The van der Waals surface area contributed by atoms with Crippen molar-refractivity contribution in [3.8, 4) is 0 Å². The molecule has 132 valence electrons. The summed E-state index contributed by atoms with van der Waals surface area (Å²) in [6.45, 7) is 0. The maximum absolute atomic E-state index is 12.8. The lowest BCUT2D eigenvalue weighted by molar-refractivity contribution is -0.153. The molecule has 5 heteroatoms. The number of ether oxygens (including phenoxy) is 1. The number of benzene rings is 3. The lowest BCUT2D eigenvalue weighted by Crippen LogP contribution is -2.62. The summed E-state index contributed by atoms with van der Waals surface area (Å²) in [5.41, 5.74) is 3.75. The van der Waals surface area contributed by atoms with E-state index in [2.05, 4.69) is 12.1 Å². The van der Waals surface area contributed by atoms with E-state index in [1.54, 1.807) is 0 Å². The minimum atomic E-state index is -1.65. The summed E-state index contributed by atoms with van der Waals surface area (Å²) in [7, 11) is 0. The summed E-state index contributed by atoms with van der Waals surface area (Å²) in [6.07, 6.45) is 0. The van der Waals surface area contributed by atoms with Gasteiger partial charge < -0.3 is 4.74 Å². The van der Waals surface area contributed by atoms with E-state index in [1.165, 1.54) is 0 Å². The summed E-state index contributed by atoms with van der Waals surface area (Å²) in [6, 6.07) is 19.9. The van der Waals surface area contributed by atoms with Gasteiger partial charge >= 0.3 is 11.9 Å². The zero-order valence-corrected chi connectivity index (χ0v) is 15.4. The van der Waals surface area contributed by atoms with Gasteiger partial charge in [0, 0.05) is 11.8 Å². The van der Waals surface area contributed by atoms with Crippen LogP contribution in [0.4, 0.5) is 0 Å². The predicted molar refractivity (Wildman–Crippen MR) is 102 cm³/mol. The summed E-state index contributed by atoms with van der Waals surface area (Å²) in [4.78, 5) is 22.2. The second-order valence-electron chi connectivity index (χ2n) is 7.42. The van der Waals surface area contributed by atoms with Gasteiger partial charge in [0.15, 0.2) is 9.75 Å². The second kappa shape index (κ2) is 4.73. The first-order valence-electron chi connectivity index (χ1n) is 8.74. The van der Waals surface area contributed by atoms with Crippen molar-refractivity contribution in [2.24, 2.45) is 0 Å². The molecule has 1 aliphatic heterocycles. The Kier molecular flexibility index (Phi) is 2.74. The van der Waals surface area contributed by atoms with Gasteiger partial charge in [-0.05, 0) is 33.0 Å². The van der Waals surface area contributed by atoms with Crippen molar-refractivity contribution in [2.75, 3.05) is 0 Å². The number of cyclic esters (lactones) is 2. The number of rotatable bonds is 0. The Morgan fingerprint density at radius 3 is 1.52 bits per heavy atom. The molecule has 2 bridgehead atoms. The number of esters is 2. The predicted octanol–water partition coefficient (Wildman–Crippen LogP) is 4.47. The molecule has 4 unspecified atom stereocenters. The van der Waals surface area contributed by atoms with Gasteiger partial charge in [0.1, 0.15) is 0 Å². The Labute approximate surface area is 164 Å². The van der Waals surface area contributed by atoms with Gasteiger partial charge in [-0.25, -0.2) is 9.59 Å². The molecule has 7 rings (SSSR count). The standard InChI is InChI=1S/C22H12Cl2O3/c23-21-17-13-7-3-4-8-14(13)18(22(21,24)20(26)27-19(21)25)16-10-12-6-2-1-5-11(12)9-15(16)17/h1-10,17-18H. The van der Waals surface area contributed by atoms with Crippen LogP contribution in [0, 0.1) is 0 Å². The van der Waals surface area contributed by atoms with Crippen molar-refractivity contribution in [1.82, 2.24) is 0 Å². The fourth-order valence-electron chi connectivity index (χ4n) is 5.19. The van der Waals surface area contributed by atoms with Gasteiger partial charge in [0.05, 0.1) is 0 Å². The van der Waals surface area contributed by atoms with Crippen LogP contribution >= 0.6 is 23.2 Å². The number of fused-ring (bicyclic) bond motifs is 1. The molecule has 3 aromatic carbocycles. The zero-order valence-electron chi connectivity index (χ0n) is 13.9. The number of hydrogen-bond acceptors (Lipinski definition) is 3. The van der Waals surface area contributed by atoms with Crippen LogP contribution in [0.25, 0.3) is 10.8 Å². The highest BCUT2D eigenvalue weighted by Gasteiger charge is 2.79.